The van der Waals surface area contributed by atoms with Gasteiger partial charge < -0.3 is 14.6 Å². The molecule has 0 saturated heterocycles. The Morgan fingerprint density at radius 2 is 2.00 bits per heavy atom. The monoisotopic (exact) mass is 250 g/mol. The Bertz CT molecular complexity index is 386. The van der Waals surface area contributed by atoms with Crippen LogP contribution in [-0.2, 0) is 9.47 Å². The highest BCUT2D eigenvalue weighted by Crippen LogP contribution is 2.13. The number of rotatable bonds is 5. The molecule has 2 atom stereocenters. The molecule has 0 radical (unpaired) electrons. The number of aliphatic hydroxyl groups excluding tert-OH is 1. The van der Waals surface area contributed by atoms with Crippen molar-refractivity contribution in [2.24, 2.45) is 0 Å². The van der Waals surface area contributed by atoms with Gasteiger partial charge in [0.1, 0.15) is 6.10 Å². The first-order valence-corrected chi connectivity index (χ1v) is 5.88. The van der Waals surface area contributed by atoms with E-state index in [1.807, 2.05) is 30.3 Å². The van der Waals surface area contributed by atoms with Crippen LogP contribution < -0.4 is 0 Å². The first kappa shape index (κ1) is 14.3. The van der Waals surface area contributed by atoms with Gasteiger partial charge in [0, 0.05) is 0 Å². The third-order valence-corrected chi connectivity index (χ3v) is 2.25. The summed E-state index contributed by atoms with van der Waals surface area (Å²) >= 11 is 0. The molecular weight excluding hydrogens is 232 g/mol. The zero-order valence-electron chi connectivity index (χ0n) is 10.6. The molecule has 1 aromatic rings. The summed E-state index contributed by atoms with van der Waals surface area (Å²) in [5, 5.41) is 9.85. The Balaban J connectivity index is 2.46. The van der Waals surface area contributed by atoms with E-state index in [9.17, 15) is 9.90 Å². The summed E-state index contributed by atoms with van der Waals surface area (Å²) in [7, 11) is 0. The van der Waals surface area contributed by atoms with Gasteiger partial charge in [0.2, 0.25) is 0 Å². The number of carbonyl (C=O) groups is 1. The third-order valence-electron chi connectivity index (χ3n) is 2.25. The van der Waals surface area contributed by atoms with Crippen LogP contribution in [0.25, 0.3) is 0 Å². The molecule has 1 rings (SSSR count). The van der Waals surface area contributed by atoms with Crippen LogP contribution in [0, 0.1) is 0 Å². The minimum atomic E-state index is -0.709. The van der Waals surface area contributed by atoms with E-state index in [1.54, 1.807) is 26.0 Å². The molecule has 0 aliphatic carbocycles. The molecule has 4 heteroatoms. The van der Waals surface area contributed by atoms with E-state index >= 15 is 0 Å². The maximum absolute atomic E-state index is 11.0. The van der Waals surface area contributed by atoms with E-state index in [-0.39, 0.29) is 6.61 Å². The molecule has 0 aromatic heterocycles. The van der Waals surface area contributed by atoms with Crippen molar-refractivity contribution in [1.82, 2.24) is 0 Å². The highest BCUT2D eigenvalue weighted by atomic mass is 16.7. The Hall–Kier alpha value is -1.81. The fourth-order valence-corrected chi connectivity index (χ4v) is 1.37. The van der Waals surface area contributed by atoms with E-state index in [2.05, 4.69) is 4.74 Å². The summed E-state index contributed by atoms with van der Waals surface area (Å²) in [4.78, 5) is 11.0. The smallest absolute Gasteiger partial charge is 0.435 e. The molecule has 0 saturated carbocycles. The highest BCUT2D eigenvalue weighted by Gasteiger charge is 2.08. The van der Waals surface area contributed by atoms with Crippen molar-refractivity contribution in [3.63, 3.8) is 0 Å². The quantitative estimate of drug-likeness (QED) is 0.645. The zero-order chi connectivity index (χ0) is 13.4. The van der Waals surface area contributed by atoms with Gasteiger partial charge in [-0.25, -0.2) is 4.79 Å². The Morgan fingerprint density at radius 3 is 2.61 bits per heavy atom. The summed E-state index contributed by atoms with van der Waals surface area (Å²) in [5.74, 6) is 0. The van der Waals surface area contributed by atoms with Crippen LogP contribution in [-0.4, -0.2) is 24.0 Å². The fraction of sp³-hybridized carbons (Fsp3) is 0.357. The number of benzene rings is 1. The van der Waals surface area contributed by atoms with Gasteiger partial charge in [-0.15, -0.1) is 0 Å². The molecule has 0 spiro atoms. The van der Waals surface area contributed by atoms with Gasteiger partial charge in [-0.1, -0.05) is 36.4 Å². The maximum Gasteiger partial charge on any atom is 0.508 e. The molecule has 98 valence electrons. The van der Waals surface area contributed by atoms with Gasteiger partial charge in [-0.3, -0.25) is 0 Å². The molecule has 4 nitrogen and oxygen atoms in total. The van der Waals surface area contributed by atoms with Crippen molar-refractivity contribution in [3.8, 4) is 0 Å². The minimum Gasteiger partial charge on any atom is -0.435 e. The van der Waals surface area contributed by atoms with Gasteiger partial charge >= 0.3 is 6.16 Å². The van der Waals surface area contributed by atoms with E-state index in [0.29, 0.717) is 0 Å². The molecule has 18 heavy (non-hydrogen) atoms. The molecule has 1 aromatic carbocycles. The Labute approximate surface area is 107 Å². The predicted molar refractivity (Wildman–Crippen MR) is 68.1 cm³/mol. The molecule has 0 amide bonds. The first-order valence-electron chi connectivity index (χ1n) is 5.88. The molecular formula is C14H18O4. The first-order chi connectivity index (χ1) is 8.63. The van der Waals surface area contributed by atoms with Crippen molar-refractivity contribution in [2.75, 3.05) is 6.61 Å². The molecule has 0 bridgehead atoms. The Morgan fingerprint density at radius 1 is 1.33 bits per heavy atom. The summed E-state index contributed by atoms with van der Waals surface area (Å²) in [6, 6.07) is 9.24. The molecule has 1 N–H and O–H groups in total. The molecule has 0 unspecified atom stereocenters. The SMILES string of the molecule is CCOC(=O)O[C@H](C)/C=C\[C@@H](O)c1ccccc1. The number of hydrogen-bond acceptors (Lipinski definition) is 4. The van der Waals surface area contributed by atoms with Crippen LogP contribution in [0.5, 0.6) is 0 Å². The topological polar surface area (TPSA) is 55.8 Å². The van der Waals surface area contributed by atoms with Crippen molar-refractivity contribution >= 4 is 6.16 Å². The lowest BCUT2D eigenvalue weighted by atomic mass is 10.1. The van der Waals surface area contributed by atoms with Crippen LogP contribution in [0.4, 0.5) is 4.79 Å². The minimum absolute atomic E-state index is 0.280. The van der Waals surface area contributed by atoms with Gasteiger partial charge in [0.15, 0.2) is 0 Å². The normalized spacial score (nSPS) is 14.2. The second-order valence-corrected chi connectivity index (χ2v) is 3.75. The molecule has 0 aliphatic rings. The van der Waals surface area contributed by atoms with Crippen LogP contribution >= 0.6 is 0 Å². The highest BCUT2D eigenvalue weighted by molar-refractivity contribution is 5.60. The second kappa shape index (κ2) is 7.50. The lowest BCUT2D eigenvalue weighted by Gasteiger charge is -2.10. The van der Waals surface area contributed by atoms with E-state index < -0.39 is 18.4 Å². The van der Waals surface area contributed by atoms with Crippen LogP contribution in [0.2, 0.25) is 0 Å². The van der Waals surface area contributed by atoms with Crippen molar-refractivity contribution in [3.05, 3.63) is 48.0 Å². The summed E-state index contributed by atoms with van der Waals surface area (Å²) in [6.45, 7) is 3.69. The largest absolute Gasteiger partial charge is 0.508 e. The average molecular weight is 250 g/mol. The number of ether oxygens (including phenoxy) is 2. The third kappa shape index (κ3) is 5.01. The predicted octanol–water partition coefficient (Wildman–Crippen LogP) is 2.84. The average Bonchev–Trinajstić information content (AvgIpc) is 2.37. The number of carbonyl (C=O) groups excluding carboxylic acids is 1. The van der Waals surface area contributed by atoms with Gasteiger partial charge in [0.25, 0.3) is 0 Å². The van der Waals surface area contributed by atoms with Gasteiger partial charge in [0.05, 0.1) is 12.7 Å². The van der Waals surface area contributed by atoms with Crippen molar-refractivity contribution in [2.45, 2.75) is 26.1 Å². The van der Waals surface area contributed by atoms with E-state index in [4.69, 9.17) is 4.74 Å². The molecule has 0 heterocycles. The summed E-state index contributed by atoms with van der Waals surface area (Å²) in [5.41, 5.74) is 0.789. The maximum atomic E-state index is 11.0. The number of aliphatic hydroxyl groups is 1. The standard InChI is InChI=1S/C14H18O4/c1-3-17-14(16)18-11(2)9-10-13(15)12-7-5-4-6-8-12/h4-11,13,15H,3H2,1-2H3/b10-9-/t11-,13-/m1/s1. The van der Waals surface area contributed by atoms with Crippen LogP contribution in [0.1, 0.15) is 25.5 Å². The lowest BCUT2D eigenvalue weighted by Crippen LogP contribution is -2.14. The van der Waals surface area contributed by atoms with E-state index in [1.165, 1.54) is 0 Å². The van der Waals surface area contributed by atoms with Crippen LogP contribution in [0.15, 0.2) is 42.5 Å². The lowest BCUT2D eigenvalue weighted by molar-refractivity contribution is 0.0450. The fourth-order valence-electron chi connectivity index (χ4n) is 1.37. The van der Waals surface area contributed by atoms with Crippen LogP contribution in [0.3, 0.4) is 0 Å². The number of hydrogen-bond donors (Lipinski definition) is 1. The summed E-state index contributed by atoms with van der Waals surface area (Å²) in [6.07, 6.45) is 1.35. The zero-order valence-corrected chi connectivity index (χ0v) is 10.6. The van der Waals surface area contributed by atoms with Gasteiger partial charge in [-0.05, 0) is 25.5 Å². The van der Waals surface area contributed by atoms with Crippen molar-refractivity contribution < 1.29 is 19.4 Å². The van der Waals surface area contributed by atoms with Gasteiger partial charge in [-0.2, -0.15) is 0 Å². The molecule has 0 fully saturated rings. The summed E-state index contributed by atoms with van der Waals surface area (Å²) < 4.78 is 9.56. The second-order valence-electron chi connectivity index (χ2n) is 3.75. The molecule has 0 aliphatic heterocycles. The van der Waals surface area contributed by atoms with Crippen molar-refractivity contribution in [1.29, 1.82) is 0 Å². The van der Waals surface area contributed by atoms with E-state index in [0.717, 1.165) is 5.56 Å². The Kier molecular flexibility index (Phi) is 5.94.